The number of nitro benzene ring substituents is 1. The molecule has 2 rings (SSSR count). The predicted molar refractivity (Wildman–Crippen MR) is 99.4 cm³/mol. The monoisotopic (exact) mass is 412 g/mol. The normalized spacial score (nSPS) is 11.5. The lowest BCUT2D eigenvalue weighted by molar-refractivity contribution is -0.384. The molecule has 0 fully saturated rings. The fourth-order valence-electron chi connectivity index (χ4n) is 1.93. The molecule has 142 valence electrons. The van der Waals surface area contributed by atoms with E-state index in [0.29, 0.717) is 4.90 Å². The third kappa shape index (κ3) is 6.22. The molecule has 1 N–H and O–H groups in total. The Morgan fingerprint density at radius 2 is 1.96 bits per heavy atom. The second kappa shape index (κ2) is 9.33. The van der Waals surface area contributed by atoms with Gasteiger partial charge in [0.15, 0.2) is 6.61 Å². The zero-order valence-corrected chi connectivity index (χ0v) is 15.6. The number of carbonyl (C=O) groups excluding carboxylic acids is 2. The maximum atomic E-state index is 13.0. The number of non-ortho nitro benzene ring substituents is 1. The van der Waals surface area contributed by atoms with E-state index in [1.165, 1.54) is 30.3 Å². The van der Waals surface area contributed by atoms with E-state index in [2.05, 4.69) is 5.32 Å². The molecule has 0 saturated heterocycles. The van der Waals surface area contributed by atoms with Crippen molar-refractivity contribution in [1.82, 2.24) is 0 Å². The van der Waals surface area contributed by atoms with Crippen LogP contribution in [0.1, 0.15) is 6.92 Å². The van der Waals surface area contributed by atoms with Gasteiger partial charge in [-0.1, -0.05) is 11.6 Å². The van der Waals surface area contributed by atoms with E-state index in [1.807, 2.05) is 0 Å². The first kappa shape index (κ1) is 20.7. The van der Waals surface area contributed by atoms with Crippen molar-refractivity contribution in [3.63, 3.8) is 0 Å². The summed E-state index contributed by atoms with van der Waals surface area (Å²) in [7, 11) is 0. The number of hydrogen-bond donors (Lipinski definition) is 1. The van der Waals surface area contributed by atoms with Gasteiger partial charge in [-0.2, -0.15) is 0 Å². The highest BCUT2D eigenvalue weighted by molar-refractivity contribution is 8.00. The van der Waals surface area contributed by atoms with E-state index in [-0.39, 0.29) is 16.4 Å². The standard InChI is InChI=1S/C17H14ClFN2O5S/c1-10(27-13-5-3-12(4-6-13)21(24)25)17(23)26-9-16(22)20-15-7-2-11(19)8-14(15)18/h2-8,10H,9H2,1H3,(H,20,22)/t10-/m1/s1. The lowest BCUT2D eigenvalue weighted by Gasteiger charge is -2.12. The molecule has 0 aliphatic carbocycles. The summed E-state index contributed by atoms with van der Waals surface area (Å²) in [6.45, 7) is 1.06. The van der Waals surface area contributed by atoms with Crippen LogP contribution in [0.4, 0.5) is 15.8 Å². The molecule has 27 heavy (non-hydrogen) atoms. The number of ether oxygens (including phenoxy) is 1. The Morgan fingerprint density at radius 3 is 2.56 bits per heavy atom. The largest absolute Gasteiger partial charge is 0.455 e. The molecule has 0 bridgehead atoms. The van der Waals surface area contributed by atoms with Gasteiger partial charge in [0, 0.05) is 17.0 Å². The minimum Gasteiger partial charge on any atom is -0.455 e. The van der Waals surface area contributed by atoms with E-state index in [4.69, 9.17) is 16.3 Å². The maximum absolute atomic E-state index is 13.0. The molecule has 0 heterocycles. The van der Waals surface area contributed by atoms with Crippen LogP contribution in [-0.2, 0) is 14.3 Å². The lowest BCUT2D eigenvalue weighted by Crippen LogP contribution is -2.24. The number of benzene rings is 2. The molecule has 0 aromatic heterocycles. The van der Waals surface area contributed by atoms with Crippen LogP contribution in [0, 0.1) is 15.9 Å². The second-order valence-electron chi connectivity index (χ2n) is 5.29. The Balaban J connectivity index is 1.83. The van der Waals surface area contributed by atoms with Crippen LogP contribution in [0.15, 0.2) is 47.4 Å². The first-order chi connectivity index (χ1) is 12.8. The summed E-state index contributed by atoms with van der Waals surface area (Å²) >= 11 is 6.94. The van der Waals surface area contributed by atoms with Crippen molar-refractivity contribution in [2.24, 2.45) is 0 Å². The smallest absolute Gasteiger partial charge is 0.319 e. The zero-order chi connectivity index (χ0) is 20.0. The van der Waals surface area contributed by atoms with E-state index in [1.54, 1.807) is 6.92 Å². The van der Waals surface area contributed by atoms with Gasteiger partial charge in [-0.05, 0) is 37.3 Å². The first-order valence-corrected chi connectivity index (χ1v) is 8.84. The van der Waals surface area contributed by atoms with Gasteiger partial charge in [0.1, 0.15) is 11.1 Å². The van der Waals surface area contributed by atoms with Gasteiger partial charge in [0.25, 0.3) is 11.6 Å². The Bertz CT molecular complexity index is 863. The summed E-state index contributed by atoms with van der Waals surface area (Å²) in [5, 5.41) is 12.4. The SMILES string of the molecule is C[C@@H](Sc1ccc([N+](=O)[O-])cc1)C(=O)OCC(=O)Nc1ccc(F)cc1Cl. The molecule has 1 atom stereocenters. The van der Waals surface area contributed by atoms with Crippen molar-refractivity contribution in [2.45, 2.75) is 17.1 Å². The molecule has 2 aromatic carbocycles. The highest BCUT2D eigenvalue weighted by Crippen LogP contribution is 2.26. The Kier molecular flexibility index (Phi) is 7.14. The molecule has 10 heteroatoms. The van der Waals surface area contributed by atoms with Gasteiger partial charge in [0.2, 0.25) is 0 Å². The number of hydrogen-bond acceptors (Lipinski definition) is 6. The predicted octanol–water partition coefficient (Wildman–Crippen LogP) is 4.05. The van der Waals surface area contributed by atoms with Gasteiger partial charge >= 0.3 is 5.97 Å². The molecular formula is C17H14ClFN2O5S. The molecule has 1 amide bonds. The van der Waals surface area contributed by atoms with Crippen LogP contribution in [0.2, 0.25) is 5.02 Å². The van der Waals surface area contributed by atoms with Gasteiger partial charge in [-0.15, -0.1) is 11.8 Å². The third-order valence-electron chi connectivity index (χ3n) is 3.24. The summed E-state index contributed by atoms with van der Waals surface area (Å²) in [4.78, 5) is 34.6. The highest BCUT2D eigenvalue weighted by atomic mass is 35.5. The average molecular weight is 413 g/mol. The van der Waals surface area contributed by atoms with E-state index >= 15 is 0 Å². The minimum absolute atomic E-state index is 0.0248. The first-order valence-electron chi connectivity index (χ1n) is 7.59. The fourth-order valence-corrected chi connectivity index (χ4v) is 3.01. The summed E-state index contributed by atoms with van der Waals surface area (Å²) < 4.78 is 17.9. The fraction of sp³-hybridized carbons (Fsp3) is 0.176. The third-order valence-corrected chi connectivity index (χ3v) is 4.65. The number of nitrogens with one attached hydrogen (secondary N) is 1. The zero-order valence-electron chi connectivity index (χ0n) is 14.0. The second-order valence-corrected chi connectivity index (χ2v) is 7.11. The highest BCUT2D eigenvalue weighted by Gasteiger charge is 2.18. The number of amides is 1. The Morgan fingerprint density at radius 1 is 1.30 bits per heavy atom. The number of rotatable bonds is 7. The molecule has 0 radical (unpaired) electrons. The topological polar surface area (TPSA) is 98.5 Å². The Hall–Kier alpha value is -2.65. The van der Waals surface area contributed by atoms with E-state index < -0.39 is 34.5 Å². The molecule has 7 nitrogen and oxygen atoms in total. The van der Waals surface area contributed by atoms with Gasteiger partial charge in [-0.3, -0.25) is 19.7 Å². The molecule has 0 aliphatic rings. The molecular weight excluding hydrogens is 399 g/mol. The minimum atomic E-state index is -0.631. The van der Waals surface area contributed by atoms with Crippen molar-refractivity contribution in [1.29, 1.82) is 0 Å². The van der Waals surface area contributed by atoms with Crippen molar-refractivity contribution in [3.8, 4) is 0 Å². The lowest BCUT2D eigenvalue weighted by atomic mass is 10.3. The van der Waals surface area contributed by atoms with Gasteiger partial charge in [-0.25, -0.2) is 4.39 Å². The number of nitrogens with zero attached hydrogens (tertiary/aromatic N) is 1. The van der Waals surface area contributed by atoms with Crippen molar-refractivity contribution in [3.05, 3.63) is 63.4 Å². The number of esters is 1. The van der Waals surface area contributed by atoms with Crippen LogP contribution >= 0.6 is 23.4 Å². The van der Waals surface area contributed by atoms with Crippen molar-refractivity contribution in [2.75, 3.05) is 11.9 Å². The molecule has 2 aromatic rings. The molecule has 0 aliphatic heterocycles. The van der Waals surface area contributed by atoms with Gasteiger partial charge < -0.3 is 10.1 Å². The number of nitro groups is 1. The van der Waals surface area contributed by atoms with E-state index in [0.717, 1.165) is 23.9 Å². The van der Waals surface area contributed by atoms with Crippen LogP contribution < -0.4 is 5.32 Å². The van der Waals surface area contributed by atoms with Crippen LogP contribution in [0.25, 0.3) is 0 Å². The quantitative estimate of drug-likeness (QED) is 0.319. The van der Waals surface area contributed by atoms with Crippen molar-refractivity contribution >= 4 is 46.6 Å². The average Bonchev–Trinajstić information content (AvgIpc) is 2.62. The summed E-state index contributed by atoms with van der Waals surface area (Å²) in [6, 6.07) is 9.19. The summed E-state index contributed by atoms with van der Waals surface area (Å²) in [5.41, 5.74) is 0.151. The van der Waals surface area contributed by atoms with Crippen molar-refractivity contribution < 1.29 is 23.6 Å². The Labute approximate surface area is 163 Å². The molecule has 0 saturated carbocycles. The van der Waals surface area contributed by atoms with Crippen LogP contribution in [0.3, 0.4) is 0 Å². The summed E-state index contributed by atoms with van der Waals surface area (Å²) in [5.74, 6) is -1.79. The van der Waals surface area contributed by atoms with E-state index in [9.17, 15) is 24.1 Å². The number of thioether (sulfide) groups is 1. The maximum Gasteiger partial charge on any atom is 0.319 e. The van der Waals surface area contributed by atoms with Gasteiger partial charge in [0.05, 0.1) is 15.6 Å². The summed E-state index contributed by atoms with van der Waals surface area (Å²) in [6.07, 6.45) is 0. The van der Waals surface area contributed by atoms with Crippen LogP contribution in [-0.4, -0.2) is 28.7 Å². The number of anilines is 1. The number of carbonyl (C=O) groups is 2. The molecule has 0 unspecified atom stereocenters. The number of halogens is 2. The van der Waals surface area contributed by atoms with Crippen LogP contribution in [0.5, 0.6) is 0 Å². The molecule has 0 spiro atoms.